The summed E-state index contributed by atoms with van der Waals surface area (Å²) in [5.74, 6) is -0.183. The Hall–Kier alpha value is -0.630. The lowest BCUT2D eigenvalue weighted by Crippen LogP contribution is -1.81. The summed E-state index contributed by atoms with van der Waals surface area (Å²) in [6.45, 7) is 2.04. The maximum atomic E-state index is 12.6. The molecule has 0 N–H and O–H groups in total. The number of benzene rings is 1. The van der Waals surface area contributed by atoms with Gasteiger partial charge in [-0.15, -0.1) is 0 Å². The fourth-order valence-electron chi connectivity index (χ4n) is 1.10. The van der Waals surface area contributed by atoms with Gasteiger partial charge in [0.25, 0.3) is 0 Å². The Kier molecular flexibility index (Phi) is 4.16. The van der Waals surface area contributed by atoms with E-state index in [1.807, 2.05) is 6.92 Å². The largest absolute Gasteiger partial charge is 0.207 e. The number of hydrogen-bond donors (Lipinski definition) is 0. The second-order valence-electron chi connectivity index (χ2n) is 2.87. The van der Waals surface area contributed by atoms with Gasteiger partial charge >= 0.3 is 0 Å². The summed E-state index contributed by atoms with van der Waals surface area (Å²) >= 11 is 3.36. The molecular formula is C11H12BrF. The molecule has 0 unspecified atom stereocenters. The van der Waals surface area contributed by atoms with Crippen molar-refractivity contribution in [2.45, 2.75) is 13.3 Å². The molecule has 0 fully saturated rings. The quantitative estimate of drug-likeness (QED) is 0.703. The van der Waals surface area contributed by atoms with Gasteiger partial charge in [-0.3, -0.25) is 0 Å². The van der Waals surface area contributed by atoms with E-state index in [2.05, 4.69) is 22.0 Å². The first-order valence-electron chi connectivity index (χ1n) is 4.22. The van der Waals surface area contributed by atoms with Gasteiger partial charge in [0.2, 0.25) is 0 Å². The van der Waals surface area contributed by atoms with Crippen LogP contribution in [0.15, 0.2) is 30.3 Å². The van der Waals surface area contributed by atoms with Crippen LogP contribution in [-0.4, -0.2) is 5.33 Å². The van der Waals surface area contributed by atoms with Gasteiger partial charge in [-0.1, -0.05) is 34.1 Å². The number of halogens is 2. The van der Waals surface area contributed by atoms with Gasteiger partial charge in [0.05, 0.1) is 0 Å². The zero-order valence-corrected chi connectivity index (χ0v) is 9.14. The highest BCUT2D eigenvalue weighted by Gasteiger charge is 1.94. The summed E-state index contributed by atoms with van der Waals surface area (Å²) in [5.41, 5.74) is 2.28. The molecule has 0 radical (unpaired) electrons. The van der Waals surface area contributed by atoms with Crippen LogP contribution < -0.4 is 0 Å². The molecule has 0 heterocycles. The highest BCUT2D eigenvalue weighted by Crippen LogP contribution is 2.14. The molecule has 0 spiro atoms. The summed E-state index contributed by atoms with van der Waals surface area (Å²) in [5, 5.41) is 0.964. The number of alkyl halides is 1. The molecule has 0 nitrogen and oxygen atoms in total. The van der Waals surface area contributed by atoms with E-state index in [1.165, 1.54) is 17.7 Å². The van der Waals surface area contributed by atoms with Crippen molar-refractivity contribution >= 4 is 21.5 Å². The van der Waals surface area contributed by atoms with Crippen molar-refractivity contribution in [3.63, 3.8) is 0 Å². The molecule has 0 atom stereocenters. The lowest BCUT2D eigenvalue weighted by Gasteiger charge is -2.00. The lowest BCUT2D eigenvalue weighted by atomic mass is 10.1. The fraction of sp³-hybridized carbons (Fsp3) is 0.273. The molecule has 0 saturated heterocycles. The highest BCUT2D eigenvalue weighted by molar-refractivity contribution is 9.09. The molecule has 0 saturated carbocycles. The smallest absolute Gasteiger partial charge is 0.123 e. The second kappa shape index (κ2) is 5.18. The molecular weight excluding hydrogens is 231 g/mol. The van der Waals surface area contributed by atoms with Crippen molar-refractivity contribution < 1.29 is 4.39 Å². The standard InChI is InChI=1S/C11H12BrF/c1-9(3-2-8-12)10-4-6-11(13)7-5-10/h3-7H,2,8H2,1H3/b9-3-. The minimum atomic E-state index is -0.183. The minimum Gasteiger partial charge on any atom is -0.207 e. The summed E-state index contributed by atoms with van der Waals surface area (Å²) in [4.78, 5) is 0. The molecule has 70 valence electrons. The monoisotopic (exact) mass is 242 g/mol. The maximum absolute atomic E-state index is 12.6. The Bertz CT molecular complexity index is 287. The summed E-state index contributed by atoms with van der Waals surface area (Å²) in [6.07, 6.45) is 3.14. The average Bonchev–Trinajstić information content (AvgIpc) is 2.15. The molecule has 1 aromatic rings. The number of rotatable bonds is 3. The topological polar surface area (TPSA) is 0 Å². The normalized spacial score (nSPS) is 11.8. The van der Waals surface area contributed by atoms with Gasteiger partial charge < -0.3 is 0 Å². The van der Waals surface area contributed by atoms with Crippen molar-refractivity contribution in [2.24, 2.45) is 0 Å². The van der Waals surface area contributed by atoms with E-state index in [9.17, 15) is 4.39 Å². The highest BCUT2D eigenvalue weighted by atomic mass is 79.9. The third kappa shape index (κ3) is 3.31. The van der Waals surface area contributed by atoms with Crippen LogP contribution in [0.25, 0.3) is 5.57 Å². The first-order chi connectivity index (χ1) is 6.24. The molecule has 0 amide bonds. The van der Waals surface area contributed by atoms with E-state index in [4.69, 9.17) is 0 Å². The number of hydrogen-bond acceptors (Lipinski definition) is 0. The minimum absolute atomic E-state index is 0.183. The van der Waals surface area contributed by atoms with Crippen LogP contribution in [-0.2, 0) is 0 Å². The van der Waals surface area contributed by atoms with E-state index >= 15 is 0 Å². The van der Waals surface area contributed by atoms with Crippen molar-refractivity contribution in [3.8, 4) is 0 Å². The van der Waals surface area contributed by atoms with Crippen LogP contribution in [0.3, 0.4) is 0 Å². The van der Waals surface area contributed by atoms with Crippen LogP contribution >= 0.6 is 15.9 Å². The SMILES string of the molecule is C/C(=C/CCBr)c1ccc(F)cc1. The third-order valence-electron chi connectivity index (χ3n) is 1.86. The molecule has 13 heavy (non-hydrogen) atoms. The summed E-state index contributed by atoms with van der Waals surface area (Å²) in [7, 11) is 0. The molecule has 0 aromatic heterocycles. The fourth-order valence-corrected chi connectivity index (χ4v) is 1.33. The zero-order chi connectivity index (χ0) is 9.68. The van der Waals surface area contributed by atoms with Gasteiger partial charge in [-0.2, -0.15) is 0 Å². The molecule has 0 bridgehead atoms. The van der Waals surface area contributed by atoms with Crippen LogP contribution in [0.1, 0.15) is 18.9 Å². The van der Waals surface area contributed by atoms with Gasteiger partial charge in [0.1, 0.15) is 5.82 Å². The first kappa shape index (κ1) is 10.5. The molecule has 0 aliphatic heterocycles. The van der Waals surface area contributed by atoms with Crippen LogP contribution in [0.5, 0.6) is 0 Å². The Morgan fingerprint density at radius 1 is 1.38 bits per heavy atom. The molecule has 1 rings (SSSR count). The second-order valence-corrected chi connectivity index (χ2v) is 3.66. The van der Waals surface area contributed by atoms with Gasteiger partial charge in [0.15, 0.2) is 0 Å². The molecule has 0 aliphatic rings. The van der Waals surface area contributed by atoms with Gasteiger partial charge in [0, 0.05) is 5.33 Å². The average molecular weight is 243 g/mol. The van der Waals surface area contributed by atoms with Crippen molar-refractivity contribution in [1.29, 1.82) is 0 Å². The lowest BCUT2D eigenvalue weighted by molar-refractivity contribution is 0.627. The number of allylic oxidation sites excluding steroid dienone is 2. The van der Waals surface area contributed by atoms with Crippen LogP contribution in [0, 0.1) is 5.82 Å². The Balaban J connectivity index is 2.77. The predicted molar refractivity (Wildman–Crippen MR) is 58.5 cm³/mol. The van der Waals surface area contributed by atoms with Crippen molar-refractivity contribution in [2.75, 3.05) is 5.33 Å². The van der Waals surface area contributed by atoms with Gasteiger partial charge in [-0.05, 0) is 36.6 Å². The van der Waals surface area contributed by atoms with Crippen LogP contribution in [0.4, 0.5) is 4.39 Å². The van der Waals surface area contributed by atoms with E-state index < -0.39 is 0 Å². The summed E-state index contributed by atoms with van der Waals surface area (Å²) < 4.78 is 12.6. The van der Waals surface area contributed by atoms with Crippen LogP contribution in [0.2, 0.25) is 0 Å². The summed E-state index contributed by atoms with van der Waals surface area (Å²) in [6, 6.07) is 6.58. The molecule has 0 aliphatic carbocycles. The van der Waals surface area contributed by atoms with Gasteiger partial charge in [-0.25, -0.2) is 4.39 Å². The van der Waals surface area contributed by atoms with Crippen molar-refractivity contribution in [1.82, 2.24) is 0 Å². The Morgan fingerprint density at radius 3 is 2.54 bits per heavy atom. The Morgan fingerprint density at radius 2 is 2.00 bits per heavy atom. The molecule has 1 aromatic carbocycles. The van der Waals surface area contributed by atoms with E-state index in [-0.39, 0.29) is 5.82 Å². The first-order valence-corrected chi connectivity index (χ1v) is 5.35. The molecule has 2 heteroatoms. The van der Waals surface area contributed by atoms with E-state index in [0.717, 1.165) is 17.3 Å². The third-order valence-corrected chi connectivity index (χ3v) is 2.32. The van der Waals surface area contributed by atoms with Crippen molar-refractivity contribution in [3.05, 3.63) is 41.7 Å². The van der Waals surface area contributed by atoms with E-state index in [0.29, 0.717) is 0 Å². The zero-order valence-electron chi connectivity index (χ0n) is 7.56. The predicted octanol–water partition coefficient (Wildman–Crippen LogP) is 4.01. The Labute approximate surface area is 86.6 Å². The maximum Gasteiger partial charge on any atom is 0.123 e. The van der Waals surface area contributed by atoms with E-state index in [1.54, 1.807) is 12.1 Å².